The van der Waals surface area contributed by atoms with Crippen LogP contribution < -0.4 is 0 Å². The summed E-state index contributed by atoms with van der Waals surface area (Å²) >= 11 is 0. The summed E-state index contributed by atoms with van der Waals surface area (Å²) in [6, 6.07) is 4.96. The van der Waals surface area contributed by atoms with Crippen molar-refractivity contribution in [1.82, 2.24) is 0 Å². The van der Waals surface area contributed by atoms with Crippen LogP contribution in [0.15, 0.2) is 28.5 Å². The second-order valence-corrected chi connectivity index (χ2v) is 6.38. The number of aliphatic hydroxyl groups is 1. The lowest BCUT2D eigenvalue weighted by atomic mass is 9.95. The van der Waals surface area contributed by atoms with Gasteiger partial charge in [0.25, 0.3) is 0 Å². The Morgan fingerprint density at radius 3 is 2.44 bits per heavy atom. The van der Waals surface area contributed by atoms with Crippen molar-refractivity contribution in [3.05, 3.63) is 34.7 Å². The Balaban J connectivity index is 2.68. The third-order valence-electron chi connectivity index (χ3n) is 2.75. The summed E-state index contributed by atoms with van der Waals surface area (Å²) in [6.45, 7) is 5.12. The van der Waals surface area contributed by atoms with Crippen molar-refractivity contribution in [3.8, 4) is 0 Å². The summed E-state index contributed by atoms with van der Waals surface area (Å²) in [5, 5.41) is 11.1. The van der Waals surface area contributed by atoms with Crippen molar-refractivity contribution in [2.75, 3.05) is 0 Å². The molecule has 2 rings (SSSR count). The number of benzene rings is 1. The van der Waals surface area contributed by atoms with E-state index in [4.69, 9.17) is 0 Å². The molecule has 1 aromatic carbocycles. The maximum Gasteiger partial charge on any atom is 0.200 e. The molecule has 3 nitrogen and oxygen atoms in total. The maximum atomic E-state index is 11.7. The van der Waals surface area contributed by atoms with Crippen molar-refractivity contribution >= 4 is 15.4 Å². The van der Waals surface area contributed by atoms with Gasteiger partial charge < -0.3 is 5.11 Å². The highest BCUT2D eigenvalue weighted by molar-refractivity contribution is 7.95. The zero-order chi connectivity index (χ0) is 12.1. The summed E-state index contributed by atoms with van der Waals surface area (Å²) in [6.07, 6.45) is 0. The fourth-order valence-electron chi connectivity index (χ4n) is 1.83. The van der Waals surface area contributed by atoms with Gasteiger partial charge in [-0.25, -0.2) is 8.42 Å². The highest BCUT2D eigenvalue weighted by atomic mass is 32.2. The first-order chi connectivity index (χ1) is 7.22. The van der Waals surface area contributed by atoms with Gasteiger partial charge >= 0.3 is 0 Å². The van der Waals surface area contributed by atoms with Crippen LogP contribution in [0.1, 0.15) is 31.9 Å². The first-order valence-corrected chi connectivity index (χ1v) is 6.57. The van der Waals surface area contributed by atoms with Gasteiger partial charge in [0.15, 0.2) is 0 Å². The lowest BCUT2D eigenvalue weighted by Gasteiger charge is -2.18. The molecule has 1 aliphatic heterocycles. The zero-order valence-corrected chi connectivity index (χ0v) is 10.3. The van der Waals surface area contributed by atoms with E-state index in [1.54, 1.807) is 39.0 Å². The van der Waals surface area contributed by atoms with Gasteiger partial charge in [0, 0.05) is 5.41 Å². The minimum absolute atomic E-state index is 0.331. The lowest BCUT2D eigenvalue weighted by Crippen LogP contribution is -2.15. The van der Waals surface area contributed by atoms with E-state index in [-0.39, 0.29) is 0 Å². The highest BCUT2D eigenvalue weighted by Gasteiger charge is 2.27. The molecule has 1 N–H and O–H groups in total. The maximum absolute atomic E-state index is 11.7. The second kappa shape index (κ2) is 3.18. The quantitative estimate of drug-likeness (QED) is 0.814. The van der Waals surface area contributed by atoms with Gasteiger partial charge in [-0.05, 0) is 49.6 Å². The zero-order valence-electron chi connectivity index (χ0n) is 9.48. The number of fused-ring (bicyclic) bond motifs is 1. The Morgan fingerprint density at radius 1 is 1.25 bits per heavy atom. The molecule has 1 aromatic rings. The molecule has 0 atom stereocenters. The van der Waals surface area contributed by atoms with Crippen molar-refractivity contribution in [1.29, 1.82) is 0 Å². The van der Waals surface area contributed by atoms with Crippen LogP contribution >= 0.6 is 0 Å². The van der Waals surface area contributed by atoms with Crippen LogP contribution in [0, 0.1) is 0 Å². The third kappa shape index (κ3) is 1.68. The first kappa shape index (κ1) is 11.4. The Bertz CT molecular complexity index is 575. The first-order valence-electron chi connectivity index (χ1n) is 5.02. The van der Waals surface area contributed by atoms with E-state index in [1.165, 1.54) is 5.41 Å². The predicted octanol–water partition coefficient (Wildman–Crippen LogP) is 2.06. The van der Waals surface area contributed by atoms with E-state index < -0.39 is 15.4 Å². The minimum atomic E-state index is -3.26. The van der Waals surface area contributed by atoms with Crippen molar-refractivity contribution in [2.24, 2.45) is 0 Å². The standard InChI is InChI=1S/C12H14O3S/c1-8-7-16(14,15)11-5-4-9(6-10(8)11)12(2,3)13/h4-7,13H,1-3H3. The van der Waals surface area contributed by atoms with Crippen LogP contribution in [0.2, 0.25) is 0 Å². The van der Waals surface area contributed by atoms with E-state index in [0.717, 1.165) is 11.1 Å². The van der Waals surface area contributed by atoms with Crippen molar-refractivity contribution in [2.45, 2.75) is 31.3 Å². The Morgan fingerprint density at radius 2 is 1.88 bits per heavy atom. The van der Waals surface area contributed by atoms with Crippen LogP contribution in [-0.4, -0.2) is 13.5 Å². The average molecular weight is 238 g/mol. The molecule has 1 heterocycles. The van der Waals surface area contributed by atoms with Gasteiger partial charge in [0.05, 0.1) is 10.5 Å². The second-order valence-electron chi connectivity index (χ2n) is 4.62. The molecule has 0 aliphatic carbocycles. The SMILES string of the molecule is CC1=CS(=O)(=O)c2ccc(C(C)(C)O)cc21. The summed E-state index contributed by atoms with van der Waals surface area (Å²) in [5.74, 6) is 0. The van der Waals surface area contributed by atoms with Crippen molar-refractivity contribution in [3.63, 3.8) is 0 Å². The molecule has 0 fully saturated rings. The highest BCUT2D eigenvalue weighted by Crippen LogP contribution is 2.35. The number of hydrogen-bond acceptors (Lipinski definition) is 3. The van der Waals surface area contributed by atoms with Crippen LogP contribution in [0.3, 0.4) is 0 Å². The van der Waals surface area contributed by atoms with Gasteiger partial charge in [0.1, 0.15) is 0 Å². The monoisotopic (exact) mass is 238 g/mol. The number of hydrogen-bond donors (Lipinski definition) is 1. The van der Waals surface area contributed by atoms with E-state index >= 15 is 0 Å². The summed E-state index contributed by atoms with van der Waals surface area (Å²) in [5.41, 5.74) is 1.18. The molecule has 0 bridgehead atoms. The normalized spacial score (nSPS) is 18.1. The lowest BCUT2D eigenvalue weighted by molar-refractivity contribution is 0.0785. The molecule has 86 valence electrons. The van der Waals surface area contributed by atoms with Gasteiger partial charge in [0.2, 0.25) is 9.84 Å². The van der Waals surface area contributed by atoms with E-state index in [2.05, 4.69) is 0 Å². The number of allylic oxidation sites excluding steroid dienone is 1. The van der Waals surface area contributed by atoms with Crippen LogP contribution in [-0.2, 0) is 15.4 Å². The van der Waals surface area contributed by atoms with Gasteiger partial charge in [-0.3, -0.25) is 0 Å². The largest absolute Gasteiger partial charge is 0.386 e. The minimum Gasteiger partial charge on any atom is -0.386 e. The molecule has 0 spiro atoms. The number of rotatable bonds is 1. The molecule has 0 amide bonds. The fraction of sp³-hybridized carbons (Fsp3) is 0.333. The Labute approximate surface area is 95.3 Å². The Kier molecular flexibility index (Phi) is 2.26. The summed E-state index contributed by atoms with van der Waals surface area (Å²) in [7, 11) is -3.26. The summed E-state index contributed by atoms with van der Waals surface area (Å²) < 4.78 is 23.4. The van der Waals surface area contributed by atoms with Crippen LogP contribution in [0.5, 0.6) is 0 Å². The van der Waals surface area contributed by atoms with Gasteiger partial charge in [-0.15, -0.1) is 0 Å². The van der Waals surface area contributed by atoms with E-state index in [9.17, 15) is 13.5 Å². The molecule has 1 aliphatic rings. The van der Waals surface area contributed by atoms with Gasteiger partial charge in [-0.2, -0.15) is 0 Å². The van der Waals surface area contributed by atoms with Crippen LogP contribution in [0.25, 0.3) is 5.57 Å². The molecule has 0 radical (unpaired) electrons. The average Bonchev–Trinajstić information content (AvgIpc) is 2.36. The molecule has 0 unspecified atom stereocenters. The molecule has 0 saturated heterocycles. The number of sulfone groups is 1. The summed E-state index contributed by atoms with van der Waals surface area (Å²) in [4.78, 5) is 0.331. The molecule has 4 heteroatoms. The van der Waals surface area contributed by atoms with E-state index in [0.29, 0.717) is 10.5 Å². The van der Waals surface area contributed by atoms with Gasteiger partial charge in [-0.1, -0.05) is 6.07 Å². The molecular weight excluding hydrogens is 224 g/mol. The fourth-order valence-corrected chi connectivity index (χ4v) is 3.33. The third-order valence-corrected chi connectivity index (χ3v) is 4.38. The Hall–Kier alpha value is -1.13. The molecule has 0 aromatic heterocycles. The van der Waals surface area contributed by atoms with Crippen molar-refractivity contribution < 1.29 is 13.5 Å². The molecule has 16 heavy (non-hydrogen) atoms. The van der Waals surface area contributed by atoms with E-state index in [1.807, 2.05) is 0 Å². The molecular formula is C12H14O3S. The smallest absolute Gasteiger partial charge is 0.200 e. The van der Waals surface area contributed by atoms with Crippen LogP contribution in [0.4, 0.5) is 0 Å². The molecule has 0 saturated carbocycles. The topological polar surface area (TPSA) is 54.4 Å². The predicted molar refractivity (Wildman–Crippen MR) is 62.5 cm³/mol.